The minimum Gasteiger partial charge on any atom is -0.496 e. The Labute approximate surface area is 188 Å². The number of benzene rings is 2. The molecule has 4 atom stereocenters. The normalized spacial score (nSPS) is 24.3. The number of hydrogen-bond acceptors (Lipinski definition) is 5. The summed E-state index contributed by atoms with van der Waals surface area (Å²) < 4.78 is 7.35. The lowest BCUT2D eigenvalue weighted by Crippen LogP contribution is -2.58. The smallest absolute Gasteiger partial charge is 0.224 e. The van der Waals surface area contributed by atoms with Gasteiger partial charge in [0.2, 0.25) is 5.91 Å². The predicted octanol–water partition coefficient (Wildman–Crippen LogP) is 2.98. The number of para-hydroxylation sites is 1. The van der Waals surface area contributed by atoms with Crippen molar-refractivity contribution in [3.05, 3.63) is 66.4 Å². The summed E-state index contributed by atoms with van der Waals surface area (Å²) in [5.74, 6) is 1.42. The van der Waals surface area contributed by atoms with E-state index < -0.39 is 0 Å². The maximum atomic E-state index is 13.0. The summed E-state index contributed by atoms with van der Waals surface area (Å²) >= 11 is 0. The standard InChI is InChI=1S/C25H29N5O2/c1-32-24-10-6-5-9-20(24)14-26-25(31)22-16-29-12-11-19(22)13-21(29)15-30-17-23(27-28-30)18-7-3-2-4-8-18/h2-10,17,19,21-22H,11-16H2,1H3,(H,26,31)/t19-,21+,22-/m0/s1. The van der Waals surface area contributed by atoms with Crippen molar-refractivity contribution in [3.63, 3.8) is 0 Å². The maximum Gasteiger partial charge on any atom is 0.224 e. The molecule has 2 bridgehead atoms. The summed E-state index contributed by atoms with van der Waals surface area (Å²) in [4.78, 5) is 15.4. The van der Waals surface area contributed by atoms with Crippen LogP contribution in [0.15, 0.2) is 60.8 Å². The first-order chi connectivity index (χ1) is 15.7. The summed E-state index contributed by atoms with van der Waals surface area (Å²) in [6.07, 6.45) is 4.12. The van der Waals surface area contributed by atoms with E-state index in [1.54, 1.807) is 7.11 Å². The number of nitrogens with one attached hydrogen (secondary N) is 1. The number of ether oxygens (including phenoxy) is 1. The number of methoxy groups -OCH3 is 1. The van der Waals surface area contributed by atoms with Crippen molar-refractivity contribution in [1.29, 1.82) is 0 Å². The fourth-order valence-corrected chi connectivity index (χ4v) is 5.13. The van der Waals surface area contributed by atoms with Crippen molar-refractivity contribution in [2.75, 3.05) is 20.2 Å². The van der Waals surface area contributed by atoms with Gasteiger partial charge in [0.15, 0.2) is 0 Å². The Bertz CT molecular complexity index is 1070. The first kappa shape index (κ1) is 20.7. The molecule has 7 heteroatoms. The maximum absolute atomic E-state index is 13.0. The van der Waals surface area contributed by atoms with Crippen molar-refractivity contribution < 1.29 is 9.53 Å². The van der Waals surface area contributed by atoms with Crippen LogP contribution in [0.25, 0.3) is 11.3 Å². The second kappa shape index (κ2) is 9.12. The molecule has 0 saturated carbocycles. The number of carbonyl (C=O) groups is 1. The van der Waals surface area contributed by atoms with E-state index in [1.807, 2.05) is 53.3 Å². The topological polar surface area (TPSA) is 72.3 Å². The van der Waals surface area contributed by atoms with Crippen LogP contribution < -0.4 is 10.1 Å². The lowest BCUT2D eigenvalue weighted by molar-refractivity contribution is -0.133. The molecule has 1 unspecified atom stereocenters. The Hall–Kier alpha value is -3.19. The SMILES string of the molecule is COc1ccccc1CNC(=O)[C@H]1CN2CC[C@H]1C[C@@H]2Cn1cc(-c2ccccc2)nn1. The fraction of sp³-hybridized carbons (Fsp3) is 0.400. The molecule has 6 rings (SSSR count). The van der Waals surface area contributed by atoms with Gasteiger partial charge in [-0.25, -0.2) is 0 Å². The van der Waals surface area contributed by atoms with Crippen LogP contribution in [0, 0.1) is 11.8 Å². The van der Waals surface area contributed by atoms with Crippen molar-refractivity contribution in [2.45, 2.75) is 32.0 Å². The summed E-state index contributed by atoms with van der Waals surface area (Å²) in [5.41, 5.74) is 2.98. The number of fused-ring (bicyclic) bond motifs is 3. The van der Waals surface area contributed by atoms with Crippen LogP contribution in [0.2, 0.25) is 0 Å². The molecule has 3 aromatic rings. The molecule has 1 aromatic heterocycles. The van der Waals surface area contributed by atoms with E-state index in [2.05, 4.69) is 32.7 Å². The second-order valence-corrected chi connectivity index (χ2v) is 8.76. The van der Waals surface area contributed by atoms with Gasteiger partial charge in [-0.05, 0) is 31.4 Å². The fourth-order valence-electron chi connectivity index (χ4n) is 5.13. The third-order valence-electron chi connectivity index (χ3n) is 6.87. The molecule has 1 amide bonds. The highest BCUT2D eigenvalue weighted by atomic mass is 16.5. The molecule has 4 heterocycles. The lowest BCUT2D eigenvalue weighted by Gasteiger charge is -2.49. The molecule has 3 aliphatic heterocycles. The van der Waals surface area contributed by atoms with Crippen LogP contribution in [0.1, 0.15) is 18.4 Å². The van der Waals surface area contributed by atoms with E-state index in [9.17, 15) is 4.79 Å². The predicted molar refractivity (Wildman–Crippen MR) is 122 cm³/mol. The molecule has 2 aromatic carbocycles. The molecule has 3 aliphatic rings. The van der Waals surface area contributed by atoms with E-state index >= 15 is 0 Å². The summed E-state index contributed by atoms with van der Waals surface area (Å²) in [6.45, 7) is 3.17. The van der Waals surface area contributed by atoms with Gasteiger partial charge in [0.05, 0.1) is 25.8 Å². The summed E-state index contributed by atoms with van der Waals surface area (Å²) in [7, 11) is 1.66. The largest absolute Gasteiger partial charge is 0.496 e. The van der Waals surface area contributed by atoms with Gasteiger partial charge in [0, 0.05) is 30.3 Å². The number of nitrogens with zero attached hydrogens (tertiary/aromatic N) is 4. The van der Waals surface area contributed by atoms with Gasteiger partial charge in [-0.3, -0.25) is 14.4 Å². The molecular formula is C25H29N5O2. The zero-order valence-electron chi connectivity index (χ0n) is 18.4. The van der Waals surface area contributed by atoms with Crippen molar-refractivity contribution in [1.82, 2.24) is 25.2 Å². The molecule has 3 saturated heterocycles. The van der Waals surface area contributed by atoms with Gasteiger partial charge in [-0.2, -0.15) is 0 Å². The quantitative estimate of drug-likeness (QED) is 0.623. The van der Waals surface area contributed by atoms with E-state index in [-0.39, 0.29) is 11.8 Å². The Balaban J connectivity index is 1.19. The van der Waals surface area contributed by atoms with Crippen LogP contribution in [0.4, 0.5) is 0 Å². The van der Waals surface area contributed by atoms with Gasteiger partial charge in [-0.1, -0.05) is 53.7 Å². The average Bonchev–Trinajstić information content (AvgIpc) is 3.32. The van der Waals surface area contributed by atoms with Crippen LogP contribution >= 0.6 is 0 Å². The lowest BCUT2D eigenvalue weighted by atomic mass is 9.75. The second-order valence-electron chi connectivity index (χ2n) is 8.76. The Morgan fingerprint density at radius 2 is 1.97 bits per heavy atom. The summed E-state index contributed by atoms with van der Waals surface area (Å²) in [5, 5.41) is 11.8. The molecule has 3 fully saturated rings. The minimum absolute atomic E-state index is 0.0466. The molecule has 0 aliphatic carbocycles. The van der Waals surface area contributed by atoms with Crippen LogP contribution in [0.5, 0.6) is 5.75 Å². The van der Waals surface area contributed by atoms with Crippen molar-refractivity contribution in [3.8, 4) is 17.0 Å². The molecule has 1 N–H and O–H groups in total. The Kier molecular flexibility index (Phi) is 5.90. The average molecular weight is 432 g/mol. The molecule has 32 heavy (non-hydrogen) atoms. The minimum atomic E-state index is 0.0466. The number of aromatic nitrogens is 3. The third kappa shape index (κ3) is 4.25. The van der Waals surface area contributed by atoms with Gasteiger partial charge < -0.3 is 10.1 Å². The van der Waals surface area contributed by atoms with Gasteiger partial charge in [0.25, 0.3) is 0 Å². The van der Waals surface area contributed by atoms with Crippen molar-refractivity contribution in [2.24, 2.45) is 11.8 Å². The molecular weight excluding hydrogens is 402 g/mol. The Morgan fingerprint density at radius 1 is 1.16 bits per heavy atom. The molecule has 0 radical (unpaired) electrons. The molecule has 166 valence electrons. The molecule has 7 nitrogen and oxygen atoms in total. The van der Waals surface area contributed by atoms with Crippen LogP contribution in [0.3, 0.4) is 0 Å². The number of carbonyl (C=O) groups excluding carboxylic acids is 1. The van der Waals surface area contributed by atoms with Gasteiger partial charge in [0.1, 0.15) is 11.4 Å². The Morgan fingerprint density at radius 3 is 2.75 bits per heavy atom. The first-order valence-electron chi connectivity index (χ1n) is 11.3. The molecule has 0 spiro atoms. The number of piperidine rings is 3. The highest BCUT2D eigenvalue weighted by Crippen LogP contribution is 2.37. The van der Waals surface area contributed by atoms with E-state index in [1.165, 1.54) is 0 Å². The number of amides is 1. The van der Waals surface area contributed by atoms with Crippen molar-refractivity contribution >= 4 is 5.91 Å². The highest BCUT2D eigenvalue weighted by molar-refractivity contribution is 5.79. The zero-order chi connectivity index (χ0) is 21.9. The number of hydrogen-bond donors (Lipinski definition) is 1. The van der Waals surface area contributed by atoms with E-state index in [0.29, 0.717) is 18.5 Å². The van der Waals surface area contributed by atoms with Gasteiger partial charge in [-0.15, -0.1) is 5.10 Å². The monoisotopic (exact) mass is 431 g/mol. The number of rotatable bonds is 7. The van der Waals surface area contributed by atoms with Crippen LogP contribution in [-0.4, -0.2) is 52.0 Å². The third-order valence-corrected chi connectivity index (χ3v) is 6.87. The highest BCUT2D eigenvalue weighted by Gasteiger charge is 2.43. The zero-order valence-corrected chi connectivity index (χ0v) is 18.4. The first-order valence-corrected chi connectivity index (χ1v) is 11.3. The van der Waals surface area contributed by atoms with Gasteiger partial charge >= 0.3 is 0 Å². The van der Waals surface area contributed by atoms with E-state index in [4.69, 9.17) is 4.74 Å². The summed E-state index contributed by atoms with van der Waals surface area (Å²) in [6, 6.07) is 18.4. The van der Waals surface area contributed by atoms with E-state index in [0.717, 1.165) is 55.0 Å². The van der Waals surface area contributed by atoms with Crippen LogP contribution in [-0.2, 0) is 17.9 Å².